The lowest BCUT2D eigenvalue weighted by Crippen LogP contribution is -2.34. The number of carbonyl (C=O) groups is 1. The van der Waals surface area contributed by atoms with Gasteiger partial charge in [0.15, 0.2) is 5.84 Å². The lowest BCUT2D eigenvalue weighted by atomic mass is 10.0. The zero-order valence-electron chi connectivity index (χ0n) is 10.1. The Labute approximate surface area is 104 Å². The summed E-state index contributed by atoms with van der Waals surface area (Å²) in [4.78, 5) is 11.9. The van der Waals surface area contributed by atoms with E-state index < -0.39 is 17.6 Å². The molecule has 0 spiro atoms. The number of benzene rings is 1. The third kappa shape index (κ3) is 3.44. The minimum atomic E-state index is -0.764. The lowest BCUT2D eigenvalue weighted by molar-refractivity contribution is -0.118. The zero-order chi connectivity index (χ0) is 13.5. The molecule has 6 heteroatoms. The van der Waals surface area contributed by atoms with Crippen molar-refractivity contribution >= 4 is 17.4 Å². The van der Waals surface area contributed by atoms with E-state index in [0.29, 0.717) is 12.8 Å². The first-order chi connectivity index (χ1) is 8.60. The maximum atomic E-state index is 13.4. The molecule has 0 saturated carbocycles. The van der Waals surface area contributed by atoms with E-state index in [1.165, 1.54) is 18.2 Å². The van der Waals surface area contributed by atoms with Crippen LogP contribution in [0.4, 0.5) is 10.1 Å². The molecule has 0 aliphatic carbocycles. The summed E-state index contributed by atoms with van der Waals surface area (Å²) in [6, 6.07) is 5.82. The molecule has 98 valence electrons. The van der Waals surface area contributed by atoms with Gasteiger partial charge < -0.3 is 16.3 Å². The summed E-state index contributed by atoms with van der Waals surface area (Å²) in [5.41, 5.74) is 5.52. The normalized spacial score (nSPS) is 13.1. The minimum absolute atomic E-state index is 0.0781. The zero-order valence-corrected chi connectivity index (χ0v) is 10.1. The van der Waals surface area contributed by atoms with Crippen LogP contribution in [-0.2, 0) is 4.79 Å². The molecule has 1 rings (SSSR count). The van der Waals surface area contributed by atoms with Gasteiger partial charge in [0.2, 0.25) is 5.91 Å². The molecule has 1 atom stereocenters. The highest BCUT2D eigenvalue weighted by Crippen LogP contribution is 2.15. The van der Waals surface area contributed by atoms with Crippen LogP contribution < -0.4 is 11.1 Å². The molecule has 1 unspecified atom stereocenters. The maximum absolute atomic E-state index is 13.4. The Hall–Kier alpha value is -2.11. The fraction of sp³-hybridized carbons (Fsp3) is 0.333. The first-order valence-corrected chi connectivity index (χ1v) is 5.63. The highest BCUT2D eigenvalue weighted by molar-refractivity contribution is 6.07. The van der Waals surface area contributed by atoms with Crippen molar-refractivity contribution < 1.29 is 14.4 Å². The Morgan fingerprint density at radius 1 is 1.56 bits per heavy atom. The molecule has 1 aromatic carbocycles. The quantitative estimate of drug-likeness (QED) is 0.324. The third-order valence-corrected chi connectivity index (χ3v) is 2.50. The van der Waals surface area contributed by atoms with Crippen molar-refractivity contribution in [2.45, 2.75) is 19.8 Å². The Kier molecular flexibility index (Phi) is 5.10. The number of anilines is 1. The number of amidine groups is 1. The number of nitrogens with two attached hydrogens (primary N) is 1. The summed E-state index contributed by atoms with van der Waals surface area (Å²) in [6.07, 6.45) is 1.11. The van der Waals surface area contributed by atoms with Crippen LogP contribution in [-0.4, -0.2) is 17.0 Å². The summed E-state index contributed by atoms with van der Waals surface area (Å²) in [5, 5.41) is 13.9. The van der Waals surface area contributed by atoms with E-state index in [1.54, 1.807) is 6.07 Å². The van der Waals surface area contributed by atoms with Crippen LogP contribution in [0, 0.1) is 11.7 Å². The molecule has 0 aliphatic heterocycles. The Bertz CT molecular complexity index is 449. The summed E-state index contributed by atoms with van der Waals surface area (Å²) >= 11 is 0. The SMILES string of the molecule is CCCC(C(=O)Nc1ccccc1F)C(N)=NO. The van der Waals surface area contributed by atoms with E-state index in [2.05, 4.69) is 10.5 Å². The van der Waals surface area contributed by atoms with Gasteiger partial charge in [-0.25, -0.2) is 4.39 Å². The molecule has 0 aromatic heterocycles. The summed E-state index contributed by atoms with van der Waals surface area (Å²) in [6.45, 7) is 1.87. The monoisotopic (exact) mass is 253 g/mol. The third-order valence-electron chi connectivity index (χ3n) is 2.50. The highest BCUT2D eigenvalue weighted by Gasteiger charge is 2.23. The Morgan fingerprint density at radius 2 is 2.22 bits per heavy atom. The molecule has 5 nitrogen and oxygen atoms in total. The second-order valence-corrected chi connectivity index (χ2v) is 3.84. The number of carbonyl (C=O) groups excluding carboxylic acids is 1. The van der Waals surface area contributed by atoms with E-state index >= 15 is 0 Å². The molecule has 0 saturated heterocycles. The number of amides is 1. The van der Waals surface area contributed by atoms with Crippen LogP contribution in [0.5, 0.6) is 0 Å². The average molecular weight is 253 g/mol. The van der Waals surface area contributed by atoms with E-state index in [9.17, 15) is 9.18 Å². The van der Waals surface area contributed by atoms with Crippen molar-refractivity contribution in [3.8, 4) is 0 Å². The summed E-state index contributed by atoms with van der Waals surface area (Å²) < 4.78 is 13.4. The molecule has 0 fully saturated rings. The van der Waals surface area contributed by atoms with Crippen LogP contribution in [0.1, 0.15) is 19.8 Å². The number of rotatable bonds is 5. The Balaban J connectivity index is 2.82. The number of hydrogen-bond donors (Lipinski definition) is 3. The predicted molar refractivity (Wildman–Crippen MR) is 66.8 cm³/mol. The molecule has 18 heavy (non-hydrogen) atoms. The molecular weight excluding hydrogens is 237 g/mol. The van der Waals surface area contributed by atoms with Crippen LogP contribution in [0.15, 0.2) is 29.4 Å². The van der Waals surface area contributed by atoms with Gasteiger partial charge >= 0.3 is 0 Å². The van der Waals surface area contributed by atoms with E-state index in [-0.39, 0.29) is 11.5 Å². The summed E-state index contributed by atoms with van der Waals surface area (Å²) in [5.74, 6) is -1.96. The maximum Gasteiger partial charge on any atom is 0.235 e. The van der Waals surface area contributed by atoms with Crippen molar-refractivity contribution in [3.05, 3.63) is 30.1 Å². The average Bonchev–Trinajstić information content (AvgIpc) is 2.37. The molecule has 0 radical (unpaired) electrons. The topological polar surface area (TPSA) is 87.7 Å². The van der Waals surface area contributed by atoms with Gasteiger partial charge in [-0.2, -0.15) is 0 Å². The standard InChI is InChI=1S/C12H16FN3O2/c1-2-5-8(11(14)16-18)12(17)15-10-7-4-3-6-9(10)13/h3-4,6-8,18H,2,5H2,1H3,(H2,14,16)(H,15,17). The number of hydrogen-bond acceptors (Lipinski definition) is 3. The van der Waals surface area contributed by atoms with Crippen LogP contribution in [0.2, 0.25) is 0 Å². The van der Waals surface area contributed by atoms with Crippen LogP contribution in [0.25, 0.3) is 0 Å². The fourth-order valence-corrected chi connectivity index (χ4v) is 1.55. The van der Waals surface area contributed by atoms with Gasteiger partial charge in [0.25, 0.3) is 0 Å². The number of oxime groups is 1. The van der Waals surface area contributed by atoms with Crippen molar-refractivity contribution in [1.82, 2.24) is 0 Å². The van der Waals surface area contributed by atoms with Gasteiger partial charge in [0, 0.05) is 0 Å². The second kappa shape index (κ2) is 6.58. The van der Waals surface area contributed by atoms with Crippen molar-refractivity contribution in [2.75, 3.05) is 5.32 Å². The first kappa shape index (κ1) is 14.0. The fourth-order valence-electron chi connectivity index (χ4n) is 1.55. The van der Waals surface area contributed by atoms with Gasteiger partial charge in [0.1, 0.15) is 5.82 Å². The molecule has 4 N–H and O–H groups in total. The largest absolute Gasteiger partial charge is 0.409 e. The molecule has 0 bridgehead atoms. The summed E-state index contributed by atoms with van der Waals surface area (Å²) in [7, 11) is 0. The van der Waals surface area contributed by atoms with Gasteiger partial charge in [-0.3, -0.25) is 4.79 Å². The second-order valence-electron chi connectivity index (χ2n) is 3.84. The number of nitrogens with one attached hydrogen (secondary N) is 1. The minimum Gasteiger partial charge on any atom is -0.409 e. The van der Waals surface area contributed by atoms with Crippen LogP contribution >= 0.6 is 0 Å². The van der Waals surface area contributed by atoms with Crippen LogP contribution in [0.3, 0.4) is 0 Å². The molecule has 1 aromatic rings. The number of halogens is 1. The molecule has 0 aliphatic rings. The van der Waals surface area contributed by atoms with Gasteiger partial charge in [-0.1, -0.05) is 30.6 Å². The first-order valence-electron chi connectivity index (χ1n) is 5.63. The van der Waals surface area contributed by atoms with Gasteiger partial charge in [-0.05, 0) is 18.6 Å². The Morgan fingerprint density at radius 3 is 2.78 bits per heavy atom. The number of nitrogens with zero attached hydrogens (tertiary/aromatic N) is 1. The van der Waals surface area contributed by atoms with Crippen molar-refractivity contribution in [3.63, 3.8) is 0 Å². The highest BCUT2D eigenvalue weighted by atomic mass is 19.1. The van der Waals surface area contributed by atoms with Gasteiger partial charge in [0.05, 0.1) is 11.6 Å². The predicted octanol–water partition coefficient (Wildman–Crippen LogP) is 1.93. The number of para-hydroxylation sites is 1. The molecule has 1 amide bonds. The van der Waals surface area contributed by atoms with E-state index in [4.69, 9.17) is 10.9 Å². The lowest BCUT2D eigenvalue weighted by Gasteiger charge is -2.14. The smallest absolute Gasteiger partial charge is 0.235 e. The van der Waals surface area contributed by atoms with Crippen molar-refractivity contribution in [2.24, 2.45) is 16.8 Å². The van der Waals surface area contributed by atoms with Crippen molar-refractivity contribution in [1.29, 1.82) is 0 Å². The molecule has 0 heterocycles. The van der Waals surface area contributed by atoms with E-state index in [0.717, 1.165) is 0 Å². The molecular formula is C12H16FN3O2. The van der Waals surface area contributed by atoms with E-state index in [1.807, 2.05) is 6.92 Å². The van der Waals surface area contributed by atoms with Gasteiger partial charge in [-0.15, -0.1) is 0 Å².